The minimum absolute atomic E-state index is 0.139. The van der Waals surface area contributed by atoms with E-state index in [4.69, 9.17) is 11.6 Å². The van der Waals surface area contributed by atoms with Gasteiger partial charge in [-0.25, -0.2) is 4.39 Å². The highest BCUT2D eigenvalue weighted by molar-refractivity contribution is 9.11. The van der Waals surface area contributed by atoms with Crippen LogP contribution >= 0.6 is 38.9 Å². The van der Waals surface area contributed by atoms with Gasteiger partial charge in [0, 0.05) is 5.56 Å². The molecule has 5 heteroatoms. The number of carbonyl (C=O) groups excluding carboxylic acids is 1. The fourth-order valence-corrected chi connectivity index (χ4v) is 3.13. The van der Waals surface area contributed by atoms with Gasteiger partial charge >= 0.3 is 0 Å². The van der Waals surface area contributed by atoms with E-state index in [-0.39, 0.29) is 11.6 Å². The minimum Gasteiger partial charge on any atom is -0.288 e. The first-order valence-corrected chi connectivity index (χ1v) is 6.73. The van der Waals surface area contributed by atoms with Crippen LogP contribution in [-0.2, 0) is 0 Å². The summed E-state index contributed by atoms with van der Waals surface area (Å²) in [6.45, 7) is 1.71. The molecular weight excluding hydrogens is 327 g/mol. The van der Waals surface area contributed by atoms with E-state index < -0.39 is 0 Å². The van der Waals surface area contributed by atoms with Gasteiger partial charge in [0.1, 0.15) is 5.82 Å². The SMILES string of the molecule is Cc1cc(F)ccc1C(=O)c1cc(Cl)c(Br)s1. The number of benzene rings is 1. The highest BCUT2D eigenvalue weighted by atomic mass is 79.9. The number of ketones is 1. The van der Waals surface area contributed by atoms with Crippen LogP contribution in [0.2, 0.25) is 5.02 Å². The monoisotopic (exact) mass is 332 g/mol. The third-order valence-electron chi connectivity index (χ3n) is 2.30. The Hall–Kier alpha value is -0.710. The molecule has 1 aromatic carbocycles. The van der Waals surface area contributed by atoms with Gasteiger partial charge in [-0.3, -0.25) is 4.79 Å². The van der Waals surface area contributed by atoms with Gasteiger partial charge in [0.25, 0.3) is 0 Å². The summed E-state index contributed by atoms with van der Waals surface area (Å²) < 4.78 is 13.7. The highest BCUT2D eigenvalue weighted by Crippen LogP contribution is 2.33. The van der Waals surface area contributed by atoms with Crippen molar-refractivity contribution in [1.82, 2.24) is 0 Å². The second kappa shape index (κ2) is 4.88. The van der Waals surface area contributed by atoms with Gasteiger partial charge in [-0.15, -0.1) is 11.3 Å². The number of carbonyl (C=O) groups is 1. The zero-order chi connectivity index (χ0) is 12.6. The lowest BCUT2D eigenvalue weighted by molar-refractivity contribution is 0.104. The first kappa shape index (κ1) is 12.7. The Kier molecular flexibility index (Phi) is 3.66. The summed E-state index contributed by atoms with van der Waals surface area (Å²) in [7, 11) is 0. The van der Waals surface area contributed by atoms with E-state index in [1.807, 2.05) is 0 Å². The predicted molar refractivity (Wildman–Crippen MR) is 71.6 cm³/mol. The molecule has 0 atom stereocenters. The van der Waals surface area contributed by atoms with Crippen LogP contribution in [0.25, 0.3) is 0 Å². The fourth-order valence-electron chi connectivity index (χ4n) is 1.47. The Morgan fingerprint density at radius 2 is 2.12 bits per heavy atom. The Bertz CT molecular complexity index is 575. The second-order valence-electron chi connectivity index (χ2n) is 3.52. The van der Waals surface area contributed by atoms with Gasteiger partial charge in [0.05, 0.1) is 13.7 Å². The van der Waals surface area contributed by atoms with Gasteiger partial charge in [0.15, 0.2) is 0 Å². The largest absolute Gasteiger partial charge is 0.288 e. The summed E-state index contributed by atoms with van der Waals surface area (Å²) in [5.74, 6) is -0.482. The van der Waals surface area contributed by atoms with Crippen LogP contribution in [0.1, 0.15) is 20.8 Å². The molecule has 0 N–H and O–H groups in total. The van der Waals surface area contributed by atoms with Crippen molar-refractivity contribution in [2.24, 2.45) is 0 Å². The average Bonchev–Trinajstić information content (AvgIpc) is 2.58. The second-order valence-corrected chi connectivity index (χ2v) is 6.30. The molecule has 0 fully saturated rings. The maximum Gasteiger partial charge on any atom is 0.203 e. The quantitative estimate of drug-likeness (QED) is 0.719. The van der Waals surface area contributed by atoms with Crippen molar-refractivity contribution in [1.29, 1.82) is 0 Å². The van der Waals surface area contributed by atoms with Crippen molar-refractivity contribution in [3.63, 3.8) is 0 Å². The number of hydrogen-bond donors (Lipinski definition) is 0. The minimum atomic E-state index is -0.343. The molecular formula is C12H7BrClFOS. The van der Waals surface area contributed by atoms with Gasteiger partial charge < -0.3 is 0 Å². The van der Waals surface area contributed by atoms with Crippen LogP contribution in [0.15, 0.2) is 28.1 Å². The molecule has 0 radical (unpaired) electrons. The van der Waals surface area contributed by atoms with Crippen LogP contribution < -0.4 is 0 Å². The summed E-state index contributed by atoms with van der Waals surface area (Å²) >= 11 is 10.4. The molecule has 17 heavy (non-hydrogen) atoms. The van der Waals surface area contributed by atoms with Crippen LogP contribution in [0.3, 0.4) is 0 Å². The lowest BCUT2D eigenvalue weighted by Crippen LogP contribution is -2.01. The molecule has 0 bridgehead atoms. The molecule has 0 amide bonds. The molecule has 0 saturated heterocycles. The molecule has 2 aromatic rings. The molecule has 0 aliphatic rings. The zero-order valence-electron chi connectivity index (χ0n) is 8.76. The van der Waals surface area contributed by atoms with Gasteiger partial charge in [-0.05, 0) is 52.7 Å². The molecule has 1 nitrogen and oxygen atoms in total. The van der Waals surface area contributed by atoms with Crippen molar-refractivity contribution in [2.75, 3.05) is 0 Å². The highest BCUT2D eigenvalue weighted by Gasteiger charge is 2.16. The van der Waals surface area contributed by atoms with Crippen molar-refractivity contribution < 1.29 is 9.18 Å². The smallest absolute Gasteiger partial charge is 0.203 e. The molecule has 0 spiro atoms. The first-order valence-electron chi connectivity index (χ1n) is 4.74. The number of thiophene rings is 1. The van der Waals surface area contributed by atoms with Crippen LogP contribution in [0.5, 0.6) is 0 Å². The molecule has 1 heterocycles. The van der Waals surface area contributed by atoms with E-state index in [2.05, 4.69) is 15.9 Å². The summed E-state index contributed by atoms with van der Waals surface area (Å²) in [4.78, 5) is 12.7. The summed E-state index contributed by atoms with van der Waals surface area (Å²) in [6.07, 6.45) is 0. The maximum atomic E-state index is 12.9. The van der Waals surface area contributed by atoms with Crippen molar-refractivity contribution in [2.45, 2.75) is 6.92 Å². The van der Waals surface area contributed by atoms with E-state index >= 15 is 0 Å². The molecule has 1 aromatic heterocycles. The molecule has 0 unspecified atom stereocenters. The van der Waals surface area contributed by atoms with Gasteiger partial charge in [0.2, 0.25) is 5.78 Å². The summed E-state index contributed by atoms with van der Waals surface area (Å²) in [5, 5.41) is 0.512. The number of hydrogen-bond acceptors (Lipinski definition) is 2. The lowest BCUT2D eigenvalue weighted by atomic mass is 10.0. The van der Waals surface area contributed by atoms with E-state index in [0.29, 0.717) is 21.0 Å². The third-order valence-corrected chi connectivity index (χ3v) is 4.78. The van der Waals surface area contributed by atoms with E-state index in [9.17, 15) is 9.18 Å². The summed E-state index contributed by atoms with van der Waals surface area (Å²) in [5.41, 5.74) is 1.12. The van der Waals surface area contributed by atoms with Crippen LogP contribution in [-0.4, -0.2) is 5.78 Å². The lowest BCUT2D eigenvalue weighted by Gasteiger charge is -2.02. The Labute approximate surface area is 115 Å². The fraction of sp³-hybridized carbons (Fsp3) is 0.0833. The van der Waals surface area contributed by atoms with Crippen molar-refractivity contribution in [3.8, 4) is 0 Å². The normalized spacial score (nSPS) is 10.6. The predicted octanol–water partition coefficient (Wildman–Crippen LogP) is 4.84. The summed E-state index contributed by atoms with van der Waals surface area (Å²) in [6, 6.07) is 5.73. The molecule has 0 aliphatic heterocycles. The Balaban J connectivity index is 2.43. The molecule has 2 rings (SSSR count). The molecule has 88 valence electrons. The van der Waals surface area contributed by atoms with Crippen molar-refractivity contribution >= 4 is 44.7 Å². The maximum absolute atomic E-state index is 12.9. The average molecular weight is 334 g/mol. The first-order chi connectivity index (χ1) is 7.99. The molecule has 0 aliphatic carbocycles. The zero-order valence-corrected chi connectivity index (χ0v) is 11.9. The number of rotatable bonds is 2. The van der Waals surface area contributed by atoms with Crippen molar-refractivity contribution in [3.05, 3.63) is 54.9 Å². The molecule has 0 saturated carbocycles. The number of aryl methyl sites for hydroxylation is 1. The topological polar surface area (TPSA) is 17.1 Å². The Morgan fingerprint density at radius 1 is 1.41 bits per heavy atom. The Morgan fingerprint density at radius 3 is 2.65 bits per heavy atom. The van der Waals surface area contributed by atoms with Crippen LogP contribution in [0.4, 0.5) is 4.39 Å². The van der Waals surface area contributed by atoms with Gasteiger partial charge in [-0.1, -0.05) is 11.6 Å². The third kappa shape index (κ3) is 2.59. The van der Waals surface area contributed by atoms with E-state index in [1.54, 1.807) is 13.0 Å². The standard InChI is InChI=1S/C12H7BrClFOS/c1-6-4-7(15)2-3-8(6)11(16)10-5-9(14)12(13)17-10/h2-5H,1H3. The van der Waals surface area contributed by atoms with Crippen LogP contribution in [0, 0.1) is 12.7 Å². The van der Waals surface area contributed by atoms with E-state index in [0.717, 1.165) is 3.79 Å². The van der Waals surface area contributed by atoms with E-state index in [1.165, 1.54) is 29.5 Å². The number of halogens is 3. The van der Waals surface area contributed by atoms with Gasteiger partial charge in [-0.2, -0.15) is 0 Å².